The molecule has 0 aliphatic heterocycles. The van der Waals surface area contributed by atoms with Crippen LogP contribution in [0.5, 0.6) is 0 Å². The summed E-state index contributed by atoms with van der Waals surface area (Å²) < 4.78 is 13.2. The maximum atomic E-state index is 13.2. The molecule has 0 saturated heterocycles. The van der Waals surface area contributed by atoms with Gasteiger partial charge in [0.2, 0.25) is 0 Å². The van der Waals surface area contributed by atoms with Gasteiger partial charge in [0.15, 0.2) is 0 Å². The Morgan fingerprint density at radius 3 is 2.25 bits per heavy atom. The van der Waals surface area contributed by atoms with Gasteiger partial charge in [-0.25, -0.2) is 4.39 Å². The maximum absolute atomic E-state index is 13.2. The molecule has 2 rings (SSSR count). The Kier molecular flexibility index (Phi) is 5.27. The van der Waals surface area contributed by atoms with E-state index in [0.717, 1.165) is 12.8 Å². The van der Waals surface area contributed by atoms with E-state index in [2.05, 4.69) is 24.4 Å². The predicted molar refractivity (Wildman–Crippen MR) is 84.3 cm³/mol. The zero-order valence-corrected chi connectivity index (χ0v) is 12.7. The molecular weight excluding hydrogens is 296 g/mol. The number of hydrogen-bond donors (Lipinski definition) is 1. The summed E-state index contributed by atoms with van der Waals surface area (Å²) in [5, 5.41) is 3.92. The van der Waals surface area contributed by atoms with Gasteiger partial charge in [0, 0.05) is 6.04 Å². The lowest BCUT2D eigenvalue weighted by atomic mass is 10.0. The van der Waals surface area contributed by atoms with E-state index in [4.69, 9.17) is 23.2 Å². The van der Waals surface area contributed by atoms with E-state index in [9.17, 15) is 4.39 Å². The summed E-state index contributed by atoms with van der Waals surface area (Å²) in [6.45, 7) is 2.09. The maximum Gasteiger partial charge on any atom is 0.126 e. The van der Waals surface area contributed by atoms with Crippen molar-refractivity contribution in [2.75, 3.05) is 5.32 Å². The van der Waals surface area contributed by atoms with Crippen molar-refractivity contribution in [1.82, 2.24) is 0 Å². The van der Waals surface area contributed by atoms with Gasteiger partial charge in [0.25, 0.3) is 0 Å². The lowest BCUT2D eigenvalue weighted by molar-refractivity contribution is 0.627. The molecule has 0 aliphatic carbocycles. The molecule has 1 atom stereocenters. The number of nitrogens with one attached hydrogen (secondary N) is 1. The summed E-state index contributed by atoms with van der Waals surface area (Å²) in [4.78, 5) is 0. The smallest absolute Gasteiger partial charge is 0.126 e. The highest BCUT2D eigenvalue weighted by atomic mass is 35.5. The Morgan fingerprint density at radius 2 is 1.70 bits per heavy atom. The molecule has 4 heteroatoms. The van der Waals surface area contributed by atoms with E-state index in [1.165, 1.54) is 17.7 Å². The van der Waals surface area contributed by atoms with Crippen LogP contribution in [0.3, 0.4) is 0 Å². The average molecular weight is 312 g/mol. The van der Waals surface area contributed by atoms with Crippen LogP contribution in [0.1, 0.15) is 18.9 Å². The lowest BCUT2D eigenvalue weighted by Crippen LogP contribution is -2.21. The Bertz CT molecular complexity index is 549. The van der Waals surface area contributed by atoms with Crippen molar-refractivity contribution in [3.63, 3.8) is 0 Å². The topological polar surface area (TPSA) is 12.0 Å². The highest BCUT2D eigenvalue weighted by Gasteiger charge is 2.13. The third kappa shape index (κ3) is 3.87. The zero-order chi connectivity index (χ0) is 14.5. The number of halogens is 3. The Hall–Kier alpha value is -1.25. The van der Waals surface area contributed by atoms with Gasteiger partial charge in [-0.15, -0.1) is 0 Å². The van der Waals surface area contributed by atoms with Gasteiger partial charge < -0.3 is 5.32 Å². The first-order chi connectivity index (χ1) is 9.60. The van der Waals surface area contributed by atoms with Crippen LogP contribution in [0, 0.1) is 5.82 Å². The molecule has 1 N–H and O–H groups in total. The van der Waals surface area contributed by atoms with Crippen LogP contribution in [0.25, 0.3) is 0 Å². The number of hydrogen-bond acceptors (Lipinski definition) is 1. The molecule has 1 unspecified atom stereocenters. The lowest BCUT2D eigenvalue weighted by Gasteiger charge is -2.20. The fourth-order valence-corrected chi connectivity index (χ4v) is 2.65. The van der Waals surface area contributed by atoms with E-state index >= 15 is 0 Å². The third-order valence-electron chi connectivity index (χ3n) is 3.17. The Morgan fingerprint density at radius 1 is 1.10 bits per heavy atom. The van der Waals surface area contributed by atoms with Crippen LogP contribution in [0.2, 0.25) is 10.0 Å². The molecule has 0 aliphatic rings. The van der Waals surface area contributed by atoms with Gasteiger partial charge in [-0.3, -0.25) is 0 Å². The van der Waals surface area contributed by atoms with Crippen molar-refractivity contribution in [3.8, 4) is 0 Å². The molecular formula is C16H16Cl2FN. The van der Waals surface area contributed by atoms with Gasteiger partial charge in [0.05, 0.1) is 15.7 Å². The largest absolute Gasteiger partial charge is 0.380 e. The summed E-state index contributed by atoms with van der Waals surface area (Å²) in [6, 6.07) is 12.9. The normalized spacial score (nSPS) is 12.2. The summed E-state index contributed by atoms with van der Waals surface area (Å²) in [5.41, 5.74) is 1.83. The summed E-state index contributed by atoms with van der Waals surface area (Å²) in [5.74, 6) is -0.429. The molecule has 0 bridgehead atoms. The Labute approximate surface area is 128 Å². The molecule has 2 aromatic carbocycles. The molecule has 0 spiro atoms. The molecule has 0 heterocycles. The zero-order valence-electron chi connectivity index (χ0n) is 11.2. The fraction of sp³-hybridized carbons (Fsp3) is 0.250. The van der Waals surface area contributed by atoms with Crippen molar-refractivity contribution < 1.29 is 4.39 Å². The molecule has 20 heavy (non-hydrogen) atoms. The third-order valence-corrected chi connectivity index (χ3v) is 3.77. The first kappa shape index (κ1) is 15.1. The van der Waals surface area contributed by atoms with E-state index < -0.39 is 5.82 Å². The minimum Gasteiger partial charge on any atom is -0.380 e. The second-order valence-corrected chi connectivity index (χ2v) is 5.50. The SMILES string of the molecule is CCC(Cc1ccccc1)Nc1c(Cl)cc(F)cc1Cl. The van der Waals surface area contributed by atoms with Gasteiger partial charge in [-0.1, -0.05) is 60.5 Å². The molecule has 106 valence electrons. The highest BCUT2D eigenvalue weighted by molar-refractivity contribution is 6.39. The monoisotopic (exact) mass is 311 g/mol. The second kappa shape index (κ2) is 6.96. The van der Waals surface area contributed by atoms with Crippen molar-refractivity contribution >= 4 is 28.9 Å². The first-order valence-electron chi connectivity index (χ1n) is 6.55. The molecule has 0 radical (unpaired) electrons. The van der Waals surface area contributed by atoms with E-state index in [-0.39, 0.29) is 6.04 Å². The van der Waals surface area contributed by atoms with Crippen LogP contribution < -0.4 is 5.32 Å². The van der Waals surface area contributed by atoms with E-state index in [1.807, 2.05) is 18.2 Å². The van der Waals surface area contributed by atoms with Crippen molar-refractivity contribution in [3.05, 3.63) is 63.9 Å². The fourth-order valence-electron chi connectivity index (χ4n) is 2.08. The van der Waals surface area contributed by atoms with Gasteiger partial charge in [0.1, 0.15) is 5.82 Å². The van der Waals surface area contributed by atoms with Crippen molar-refractivity contribution in [2.45, 2.75) is 25.8 Å². The molecule has 0 amide bonds. The van der Waals surface area contributed by atoms with Gasteiger partial charge >= 0.3 is 0 Å². The summed E-state index contributed by atoms with van der Waals surface area (Å²) in [7, 11) is 0. The molecule has 0 aromatic heterocycles. The minimum atomic E-state index is -0.429. The molecule has 0 fully saturated rings. The predicted octanol–water partition coefficient (Wildman–Crippen LogP) is 5.57. The van der Waals surface area contributed by atoms with Crippen LogP contribution in [-0.4, -0.2) is 6.04 Å². The number of rotatable bonds is 5. The van der Waals surface area contributed by atoms with E-state index in [0.29, 0.717) is 15.7 Å². The van der Waals surface area contributed by atoms with Crippen LogP contribution >= 0.6 is 23.2 Å². The second-order valence-electron chi connectivity index (χ2n) is 4.68. The summed E-state index contributed by atoms with van der Waals surface area (Å²) in [6.07, 6.45) is 1.78. The van der Waals surface area contributed by atoms with Crippen molar-refractivity contribution in [2.24, 2.45) is 0 Å². The average Bonchev–Trinajstić information content (AvgIpc) is 2.42. The summed E-state index contributed by atoms with van der Waals surface area (Å²) >= 11 is 12.1. The standard InChI is InChI=1S/C16H16Cl2FN/c1-2-13(8-11-6-4-3-5-7-11)20-16-14(17)9-12(19)10-15(16)18/h3-7,9-10,13,20H,2,8H2,1H3. The van der Waals surface area contributed by atoms with Crippen LogP contribution in [0.4, 0.5) is 10.1 Å². The molecule has 1 nitrogen and oxygen atoms in total. The number of anilines is 1. The van der Waals surface area contributed by atoms with Crippen molar-refractivity contribution in [1.29, 1.82) is 0 Å². The number of benzene rings is 2. The van der Waals surface area contributed by atoms with Gasteiger partial charge in [-0.2, -0.15) is 0 Å². The van der Waals surface area contributed by atoms with Gasteiger partial charge in [-0.05, 0) is 30.5 Å². The quantitative estimate of drug-likeness (QED) is 0.761. The Balaban J connectivity index is 2.15. The van der Waals surface area contributed by atoms with Crippen LogP contribution in [-0.2, 0) is 6.42 Å². The van der Waals surface area contributed by atoms with Crippen LogP contribution in [0.15, 0.2) is 42.5 Å². The molecule has 0 saturated carbocycles. The minimum absolute atomic E-state index is 0.192. The first-order valence-corrected chi connectivity index (χ1v) is 7.30. The highest BCUT2D eigenvalue weighted by Crippen LogP contribution is 2.32. The molecule has 2 aromatic rings. The van der Waals surface area contributed by atoms with E-state index in [1.54, 1.807) is 0 Å².